The Labute approximate surface area is 101 Å². The standard InChI is InChI=1S/C10H18O6S/c1-7(11)8(2)16-10(9(12)13)3-5-17(14,15)6-4-10/h7-8,11H,3-6H2,1-2H3,(H,12,13). The maximum Gasteiger partial charge on any atom is 0.336 e. The molecule has 2 N–H and O–H groups in total. The molecule has 1 aliphatic heterocycles. The molecule has 0 radical (unpaired) electrons. The van der Waals surface area contributed by atoms with Gasteiger partial charge in [0.2, 0.25) is 0 Å². The smallest absolute Gasteiger partial charge is 0.336 e. The van der Waals surface area contributed by atoms with Gasteiger partial charge in [-0.1, -0.05) is 0 Å². The van der Waals surface area contributed by atoms with Crippen LogP contribution in [0.15, 0.2) is 0 Å². The van der Waals surface area contributed by atoms with Crippen molar-refractivity contribution in [2.45, 2.75) is 44.5 Å². The van der Waals surface area contributed by atoms with Gasteiger partial charge in [0.15, 0.2) is 15.4 Å². The Balaban J connectivity index is 2.83. The van der Waals surface area contributed by atoms with E-state index in [-0.39, 0.29) is 24.3 Å². The van der Waals surface area contributed by atoms with E-state index in [0.29, 0.717) is 0 Å². The average molecular weight is 266 g/mol. The minimum Gasteiger partial charge on any atom is -0.479 e. The maximum absolute atomic E-state index is 11.3. The zero-order valence-electron chi connectivity index (χ0n) is 9.92. The fourth-order valence-electron chi connectivity index (χ4n) is 1.70. The lowest BCUT2D eigenvalue weighted by molar-refractivity contribution is -0.181. The number of rotatable bonds is 4. The quantitative estimate of drug-likeness (QED) is 0.731. The van der Waals surface area contributed by atoms with E-state index in [9.17, 15) is 23.4 Å². The van der Waals surface area contributed by atoms with Crippen LogP contribution in [0.2, 0.25) is 0 Å². The minimum absolute atomic E-state index is 0.0677. The number of carboxylic acid groups (broad SMARTS) is 1. The SMILES string of the molecule is CC(O)C(C)OC1(C(=O)O)CCS(=O)(=O)CC1. The number of carboxylic acids is 1. The van der Waals surface area contributed by atoms with Gasteiger partial charge in [-0.3, -0.25) is 0 Å². The van der Waals surface area contributed by atoms with Gasteiger partial charge < -0.3 is 14.9 Å². The third-order valence-electron chi connectivity index (χ3n) is 3.11. The van der Waals surface area contributed by atoms with E-state index >= 15 is 0 Å². The van der Waals surface area contributed by atoms with Gasteiger partial charge in [0.1, 0.15) is 0 Å². The lowest BCUT2D eigenvalue weighted by Gasteiger charge is -2.36. The number of carbonyl (C=O) groups is 1. The van der Waals surface area contributed by atoms with E-state index in [1.165, 1.54) is 6.92 Å². The number of hydrogen-bond donors (Lipinski definition) is 2. The van der Waals surface area contributed by atoms with Crippen molar-refractivity contribution in [3.63, 3.8) is 0 Å². The molecule has 0 saturated carbocycles. The summed E-state index contributed by atoms with van der Waals surface area (Å²) in [5.41, 5.74) is -1.48. The van der Waals surface area contributed by atoms with Crippen molar-refractivity contribution in [2.75, 3.05) is 11.5 Å². The summed E-state index contributed by atoms with van der Waals surface area (Å²) >= 11 is 0. The lowest BCUT2D eigenvalue weighted by Crippen LogP contribution is -2.51. The van der Waals surface area contributed by atoms with Crippen LogP contribution >= 0.6 is 0 Å². The van der Waals surface area contributed by atoms with Crippen LogP contribution in [0.4, 0.5) is 0 Å². The second-order valence-electron chi connectivity index (χ2n) is 4.51. The Morgan fingerprint density at radius 3 is 2.12 bits per heavy atom. The van der Waals surface area contributed by atoms with Crippen LogP contribution in [-0.4, -0.2) is 53.9 Å². The van der Waals surface area contributed by atoms with Gasteiger partial charge in [-0.15, -0.1) is 0 Å². The molecule has 0 aromatic rings. The Kier molecular flexibility index (Phi) is 4.16. The number of aliphatic hydroxyl groups excluding tert-OH is 1. The molecule has 0 bridgehead atoms. The Hall–Kier alpha value is -0.660. The van der Waals surface area contributed by atoms with Crippen molar-refractivity contribution < 1.29 is 28.2 Å². The molecule has 0 aromatic heterocycles. The third-order valence-corrected chi connectivity index (χ3v) is 4.77. The van der Waals surface area contributed by atoms with Crippen LogP contribution in [0.1, 0.15) is 26.7 Å². The van der Waals surface area contributed by atoms with Crippen LogP contribution in [0, 0.1) is 0 Å². The summed E-state index contributed by atoms with van der Waals surface area (Å²) in [6.07, 6.45) is -1.58. The molecule has 17 heavy (non-hydrogen) atoms. The number of aliphatic hydroxyl groups is 1. The van der Waals surface area contributed by atoms with E-state index in [0.717, 1.165) is 0 Å². The van der Waals surface area contributed by atoms with Gasteiger partial charge in [-0.2, -0.15) is 0 Å². The van der Waals surface area contributed by atoms with Crippen LogP contribution in [0.3, 0.4) is 0 Å². The van der Waals surface area contributed by atoms with E-state index in [1.807, 2.05) is 0 Å². The lowest BCUT2D eigenvalue weighted by atomic mass is 9.96. The summed E-state index contributed by atoms with van der Waals surface area (Å²) in [4.78, 5) is 11.2. The molecule has 1 aliphatic rings. The summed E-state index contributed by atoms with van der Waals surface area (Å²) in [6.45, 7) is 3.07. The first-order valence-corrected chi connectivity index (χ1v) is 7.30. The van der Waals surface area contributed by atoms with Crippen molar-refractivity contribution in [1.29, 1.82) is 0 Å². The Bertz CT molecular complexity index is 372. The maximum atomic E-state index is 11.3. The van der Waals surface area contributed by atoms with Crippen LogP contribution < -0.4 is 0 Å². The van der Waals surface area contributed by atoms with E-state index in [1.54, 1.807) is 6.92 Å². The summed E-state index contributed by atoms with van der Waals surface area (Å²) < 4.78 is 27.9. The first-order valence-electron chi connectivity index (χ1n) is 5.48. The first kappa shape index (κ1) is 14.4. The second kappa shape index (κ2) is 4.91. The number of hydrogen-bond acceptors (Lipinski definition) is 5. The molecular weight excluding hydrogens is 248 g/mol. The Morgan fingerprint density at radius 1 is 1.29 bits per heavy atom. The summed E-state index contributed by atoms with van der Waals surface area (Å²) in [7, 11) is -3.15. The van der Waals surface area contributed by atoms with Crippen LogP contribution in [-0.2, 0) is 19.4 Å². The molecule has 0 aromatic carbocycles. The normalized spacial score (nSPS) is 26.1. The molecule has 1 saturated heterocycles. The van der Waals surface area contributed by atoms with E-state index < -0.39 is 33.6 Å². The van der Waals surface area contributed by atoms with Crippen molar-refractivity contribution in [3.8, 4) is 0 Å². The van der Waals surface area contributed by atoms with Crippen LogP contribution in [0.5, 0.6) is 0 Å². The molecule has 0 aliphatic carbocycles. The molecule has 7 heteroatoms. The van der Waals surface area contributed by atoms with Crippen molar-refractivity contribution in [1.82, 2.24) is 0 Å². The zero-order valence-corrected chi connectivity index (χ0v) is 10.7. The Morgan fingerprint density at radius 2 is 1.76 bits per heavy atom. The molecule has 2 atom stereocenters. The van der Waals surface area contributed by atoms with E-state index in [4.69, 9.17) is 4.74 Å². The van der Waals surface area contributed by atoms with Gasteiger partial charge in [-0.25, -0.2) is 13.2 Å². The molecule has 1 rings (SSSR count). The predicted molar refractivity (Wildman–Crippen MR) is 60.5 cm³/mol. The predicted octanol–water partition coefficient (Wildman–Crippen LogP) is -0.196. The average Bonchev–Trinajstić information content (AvgIpc) is 2.21. The summed E-state index contributed by atoms with van der Waals surface area (Å²) in [5.74, 6) is -1.54. The molecular formula is C10H18O6S. The highest BCUT2D eigenvalue weighted by Crippen LogP contribution is 2.30. The summed E-state index contributed by atoms with van der Waals surface area (Å²) in [5, 5.41) is 18.5. The molecule has 6 nitrogen and oxygen atoms in total. The van der Waals surface area contributed by atoms with Crippen molar-refractivity contribution in [2.24, 2.45) is 0 Å². The topological polar surface area (TPSA) is 101 Å². The van der Waals surface area contributed by atoms with Gasteiger partial charge in [0, 0.05) is 12.8 Å². The fourth-order valence-corrected chi connectivity index (χ4v) is 3.19. The fraction of sp³-hybridized carbons (Fsp3) is 0.900. The van der Waals surface area contributed by atoms with Crippen molar-refractivity contribution >= 4 is 15.8 Å². The highest BCUT2D eigenvalue weighted by molar-refractivity contribution is 7.91. The van der Waals surface area contributed by atoms with Crippen molar-refractivity contribution in [3.05, 3.63) is 0 Å². The molecule has 1 fully saturated rings. The first-order chi connectivity index (χ1) is 7.68. The largest absolute Gasteiger partial charge is 0.479 e. The highest BCUT2D eigenvalue weighted by Gasteiger charge is 2.46. The molecule has 0 spiro atoms. The van der Waals surface area contributed by atoms with Gasteiger partial charge in [0.05, 0.1) is 23.7 Å². The van der Waals surface area contributed by atoms with Gasteiger partial charge in [0.25, 0.3) is 0 Å². The van der Waals surface area contributed by atoms with Gasteiger partial charge in [-0.05, 0) is 13.8 Å². The number of sulfone groups is 1. The van der Waals surface area contributed by atoms with Gasteiger partial charge >= 0.3 is 5.97 Å². The minimum atomic E-state index is -3.15. The zero-order chi connectivity index (χ0) is 13.3. The molecule has 2 unspecified atom stereocenters. The number of ether oxygens (including phenoxy) is 1. The molecule has 100 valence electrons. The highest BCUT2D eigenvalue weighted by atomic mass is 32.2. The van der Waals surface area contributed by atoms with Crippen LogP contribution in [0.25, 0.3) is 0 Å². The monoisotopic (exact) mass is 266 g/mol. The second-order valence-corrected chi connectivity index (χ2v) is 6.82. The summed E-state index contributed by atoms with van der Waals surface area (Å²) in [6, 6.07) is 0. The van der Waals surface area contributed by atoms with E-state index in [2.05, 4.69) is 0 Å². The number of aliphatic carboxylic acids is 1. The third kappa shape index (κ3) is 3.40. The molecule has 1 heterocycles. The molecule has 0 amide bonds.